The number of rotatable bonds is 5. The minimum absolute atomic E-state index is 0. The molecule has 3 rings (SSSR count). The van der Waals surface area contributed by atoms with Crippen LogP contribution in [0.2, 0.25) is 13.1 Å². The molecule has 0 spiro atoms. The first kappa shape index (κ1) is 17.2. The average Bonchev–Trinajstić information content (AvgIpc) is 3.00. The van der Waals surface area contributed by atoms with Gasteiger partial charge in [-0.3, -0.25) is 4.68 Å². The van der Waals surface area contributed by atoms with Crippen LogP contribution in [0.3, 0.4) is 0 Å². The van der Waals surface area contributed by atoms with Crippen molar-refractivity contribution in [3.8, 4) is 5.75 Å². The van der Waals surface area contributed by atoms with Crippen molar-refractivity contribution in [3.05, 3.63) is 77.6 Å². The third-order valence-corrected chi connectivity index (χ3v) is 4.46. The van der Waals surface area contributed by atoms with Gasteiger partial charge in [0.05, 0.1) is 11.9 Å². The first-order chi connectivity index (χ1) is 12.0. The molecular formula is C20H24N3OSi+. The molecule has 0 aliphatic rings. The molecule has 25 heavy (non-hydrogen) atoms. The zero-order valence-electron chi connectivity index (χ0n) is 16.1. The highest BCUT2D eigenvalue weighted by molar-refractivity contribution is 6.49. The Hall–Kier alpha value is -2.66. The molecule has 0 unspecified atom stereocenters. The van der Waals surface area contributed by atoms with Crippen LogP contribution in [0, 0.1) is 6.92 Å². The molecule has 1 aromatic heterocycles. The van der Waals surface area contributed by atoms with Gasteiger partial charge in [0.15, 0.2) is 0 Å². The minimum atomic E-state index is -1.22. The molecule has 0 amide bonds. The summed E-state index contributed by atoms with van der Waals surface area (Å²) in [5.74, 6) is 0.860. The summed E-state index contributed by atoms with van der Waals surface area (Å²) < 4.78 is 7.91. The second-order valence-electron chi connectivity index (χ2n) is 6.37. The van der Waals surface area contributed by atoms with E-state index in [4.69, 9.17) is 9.42 Å². The number of hydrogen-bond acceptors (Lipinski definition) is 3. The molecule has 0 fully saturated rings. The molecule has 0 aliphatic heterocycles. The monoisotopic (exact) mass is 350 g/mol. The highest BCUT2D eigenvalue weighted by atomic mass is 28.3. The molecule has 0 saturated heterocycles. The molecule has 128 valence electrons. The Morgan fingerprint density at radius 3 is 2.52 bits per heavy atom. The van der Waals surface area contributed by atoms with E-state index in [1.54, 1.807) is 4.68 Å². The number of nitrogens with zero attached hydrogens (tertiary/aromatic N) is 3. The normalized spacial score (nSPS) is 11.8. The molecule has 5 heteroatoms. The molecular weight excluding hydrogens is 326 g/mol. The highest BCUT2D eigenvalue weighted by Crippen LogP contribution is 2.30. The van der Waals surface area contributed by atoms with Crippen molar-refractivity contribution >= 4 is 20.4 Å². The molecule has 3 aromatic rings. The summed E-state index contributed by atoms with van der Waals surface area (Å²) in [5, 5.41) is 4.30. The van der Waals surface area contributed by atoms with Crippen LogP contribution in [0.5, 0.6) is 5.75 Å². The lowest BCUT2D eigenvalue weighted by atomic mass is 10.1. The van der Waals surface area contributed by atoms with Gasteiger partial charge < -0.3 is 4.43 Å². The largest absolute Gasteiger partial charge is 1.00 e. The maximum atomic E-state index is 6.11. The van der Waals surface area contributed by atoms with Crippen LogP contribution in [0.15, 0.2) is 65.9 Å². The van der Waals surface area contributed by atoms with E-state index in [0.29, 0.717) is 0 Å². The van der Waals surface area contributed by atoms with Crippen molar-refractivity contribution < 1.29 is 5.85 Å². The molecule has 4 nitrogen and oxygen atoms in total. The Morgan fingerprint density at radius 1 is 1.12 bits per heavy atom. The summed E-state index contributed by atoms with van der Waals surface area (Å²) in [7, 11) is 0.693. The van der Waals surface area contributed by atoms with Crippen molar-refractivity contribution in [3.63, 3.8) is 0 Å². The lowest BCUT2D eigenvalue weighted by Gasteiger charge is -2.14. The number of benzene rings is 2. The van der Waals surface area contributed by atoms with E-state index in [1.165, 1.54) is 5.56 Å². The summed E-state index contributed by atoms with van der Waals surface area (Å²) in [4.78, 5) is 4.97. The number of aliphatic imine (C=N–C) groups is 1. The van der Waals surface area contributed by atoms with Crippen LogP contribution in [0.25, 0.3) is 0 Å². The molecule has 1 heterocycles. The number of hydrogen-bond donors (Lipinski definition) is 0. The van der Waals surface area contributed by atoms with E-state index in [-0.39, 0.29) is 1.43 Å². The number of aryl methyl sites for hydroxylation is 2. The molecule has 0 saturated carbocycles. The summed E-state index contributed by atoms with van der Waals surface area (Å²) in [6.07, 6.45) is 3.83. The van der Waals surface area contributed by atoms with Crippen LogP contribution in [0.1, 0.15) is 18.1 Å². The third kappa shape index (κ3) is 4.25. The van der Waals surface area contributed by atoms with E-state index in [9.17, 15) is 0 Å². The number of aromatic nitrogens is 2. The SMILES string of the molecule is Cc1ccc(N=C(c2ccccc2)c2cnn(C)c2)c(O[SiH](C)C)c1.[H+]. The second-order valence-corrected chi connectivity index (χ2v) is 8.70. The van der Waals surface area contributed by atoms with Gasteiger partial charge in [-0.1, -0.05) is 36.4 Å². The lowest BCUT2D eigenvalue weighted by molar-refractivity contribution is 0.581. The maximum Gasteiger partial charge on any atom is 1.00 e. The van der Waals surface area contributed by atoms with E-state index >= 15 is 0 Å². The molecule has 0 N–H and O–H groups in total. The van der Waals surface area contributed by atoms with Crippen molar-refractivity contribution in [2.75, 3.05) is 0 Å². The van der Waals surface area contributed by atoms with E-state index in [1.807, 2.05) is 43.7 Å². The topological polar surface area (TPSA) is 39.4 Å². The Kier molecular flexibility index (Phi) is 5.14. The third-order valence-electron chi connectivity index (χ3n) is 3.74. The van der Waals surface area contributed by atoms with Crippen LogP contribution in [0.4, 0.5) is 5.69 Å². The fraction of sp³-hybridized carbons (Fsp3) is 0.200. The molecule has 0 radical (unpaired) electrons. The van der Waals surface area contributed by atoms with Gasteiger partial charge in [0.2, 0.25) is 9.04 Å². The summed E-state index contributed by atoms with van der Waals surface area (Å²) in [6, 6.07) is 16.4. The second kappa shape index (κ2) is 7.48. The summed E-state index contributed by atoms with van der Waals surface area (Å²) >= 11 is 0. The van der Waals surface area contributed by atoms with E-state index < -0.39 is 9.04 Å². The van der Waals surface area contributed by atoms with Gasteiger partial charge in [-0.2, -0.15) is 5.10 Å². The minimum Gasteiger partial charge on any atom is -0.546 e. The fourth-order valence-corrected chi connectivity index (χ4v) is 3.31. The average molecular weight is 351 g/mol. The predicted molar refractivity (Wildman–Crippen MR) is 107 cm³/mol. The Labute approximate surface area is 152 Å². The molecule has 0 atom stereocenters. The van der Waals surface area contributed by atoms with Gasteiger partial charge >= 0.3 is 1.43 Å². The highest BCUT2D eigenvalue weighted by Gasteiger charge is 2.12. The fourth-order valence-electron chi connectivity index (χ4n) is 2.62. The van der Waals surface area contributed by atoms with Gasteiger partial charge in [-0.25, -0.2) is 4.99 Å². The Bertz CT molecular complexity index is 891. The van der Waals surface area contributed by atoms with Gasteiger partial charge in [-0.05, 0) is 37.7 Å². The van der Waals surface area contributed by atoms with Crippen molar-refractivity contribution in [2.45, 2.75) is 20.0 Å². The molecule has 0 bridgehead atoms. The smallest absolute Gasteiger partial charge is 0.546 e. The van der Waals surface area contributed by atoms with Crippen molar-refractivity contribution in [1.29, 1.82) is 0 Å². The first-order valence-corrected chi connectivity index (χ1v) is 11.2. The predicted octanol–water partition coefficient (Wildman–Crippen LogP) is 4.37. The van der Waals surface area contributed by atoms with Gasteiger partial charge in [0.25, 0.3) is 0 Å². The van der Waals surface area contributed by atoms with E-state index in [0.717, 1.165) is 28.3 Å². The maximum absolute atomic E-state index is 6.11. The molecule has 0 aliphatic carbocycles. The standard InChI is InChI=1S/C20H23N3OSi/c1-15-10-11-18(19(12-15)24-25(3)4)22-20(16-8-6-5-7-9-16)17-13-21-23(2)14-17/h5-14,25H,1-4H3/p+1. The van der Waals surface area contributed by atoms with Crippen LogP contribution in [-0.2, 0) is 7.05 Å². The van der Waals surface area contributed by atoms with E-state index in [2.05, 4.69) is 49.4 Å². The Morgan fingerprint density at radius 2 is 1.88 bits per heavy atom. The summed E-state index contributed by atoms with van der Waals surface area (Å²) in [6.45, 7) is 6.39. The summed E-state index contributed by atoms with van der Waals surface area (Å²) in [5.41, 5.74) is 4.97. The first-order valence-electron chi connectivity index (χ1n) is 8.43. The van der Waals surface area contributed by atoms with Gasteiger partial charge in [-0.15, -0.1) is 0 Å². The van der Waals surface area contributed by atoms with Crippen molar-refractivity contribution in [1.82, 2.24) is 9.78 Å². The quantitative estimate of drug-likeness (QED) is 0.506. The van der Waals surface area contributed by atoms with Crippen LogP contribution in [-0.4, -0.2) is 24.5 Å². The van der Waals surface area contributed by atoms with Gasteiger partial charge in [0, 0.05) is 24.4 Å². The van der Waals surface area contributed by atoms with Gasteiger partial charge in [0.1, 0.15) is 11.4 Å². The van der Waals surface area contributed by atoms with Crippen molar-refractivity contribution in [2.24, 2.45) is 12.0 Å². The Balaban J connectivity index is 0.00000243. The molecule has 2 aromatic carbocycles. The van der Waals surface area contributed by atoms with Crippen LogP contribution < -0.4 is 4.43 Å². The zero-order chi connectivity index (χ0) is 17.8. The van der Waals surface area contributed by atoms with Crippen LogP contribution >= 0.6 is 0 Å². The zero-order valence-corrected chi connectivity index (χ0v) is 16.3. The lowest BCUT2D eigenvalue weighted by Crippen LogP contribution is -2.11.